The highest BCUT2D eigenvalue weighted by atomic mass is 127. The zero-order chi connectivity index (χ0) is 26.0. The van der Waals surface area contributed by atoms with Gasteiger partial charge < -0.3 is 14.2 Å². The van der Waals surface area contributed by atoms with Gasteiger partial charge >= 0.3 is 5.97 Å². The number of rotatable bonds is 8. The van der Waals surface area contributed by atoms with Gasteiger partial charge in [0.1, 0.15) is 17.2 Å². The Morgan fingerprint density at radius 2 is 2.03 bits per heavy atom. The van der Waals surface area contributed by atoms with E-state index in [4.69, 9.17) is 19.2 Å². The fraction of sp³-hybridized carbons (Fsp3) is 0.448. The number of nitrogens with zero attached hydrogens (tertiary/aromatic N) is 1. The van der Waals surface area contributed by atoms with Crippen LogP contribution in [0.4, 0.5) is 0 Å². The van der Waals surface area contributed by atoms with Crippen LogP contribution in [0.25, 0.3) is 21.3 Å². The van der Waals surface area contributed by atoms with Gasteiger partial charge in [-0.1, -0.05) is 12.7 Å². The Balaban J connectivity index is 2.11. The molecule has 0 N–H and O–H groups in total. The highest BCUT2D eigenvalue weighted by Gasteiger charge is 2.35. The van der Waals surface area contributed by atoms with Gasteiger partial charge in [-0.15, -0.1) is 11.3 Å². The maximum Gasteiger partial charge on any atom is 0.340 e. The summed E-state index contributed by atoms with van der Waals surface area (Å²) in [6.45, 7) is 14.1. The van der Waals surface area contributed by atoms with Crippen molar-refractivity contribution in [2.24, 2.45) is 0 Å². The van der Waals surface area contributed by atoms with E-state index in [1.165, 1.54) is 16.9 Å². The summed E-state index contributed by atoms with van der Waals surface area (Å²) in [6, 6.07) is 6.20. The van der Waals surface area contributed by atoms with E-state index < -0.39 is 17.7 Å². The standard InChI is InChI=1S/C29H34INO4S/c1-7-15-34-21-16-18(30)13-14-19(21)24-23(26(28(32)33-8-2)35-29(4,5)6)17(3)31-27-25(24)20-11-9-10-12-22(20)36-27/h7,13-14,16,26H,1,8-12,15H2,2-6H3. The average Bonchev–Trinajstić information content (AvgIpc) is 3.18. The Bertz CT molecular complexity index is 1290. The summed E-state index contributed by atoms with van der Waals surface area (Å²) in [5.41, 5.74) is 4.20. The Kier molecular flexibility index (Phi) is 8.42. The van der Waals surface area contributed by atoms with Gasteiger partial charge in [0.15, 0.2) is 6.10 Å². The predicted octanol–water partition coefficient (Wildman–Crippen LogP) is 7.74. The number of carbonyl (C=O) groups is 1. The van der Waals surface area contributed by atoms with Crippen molar-refractivity contribution < 1.29 is 19.0 Å². The highest BCUT2D eigenvalue weighted by Crippen LogP contribution is 2.48. The Morgan fingerprint density at radius 1 is 1.28 bits per heavy atom. The molecule has 0 saturated heterocycles. The van der Waals surface area contributed by atoms with Crippen LogP contribution in [0.15, 0.2) is 30.9 Å². The van der Waals surface area contributed by atoms with Gasteiger partial charge in [0.25, 0.3) is 0 Å². The van der Waals surface area contributed by atoms with Crippen LogP contribution in [0.5, 0.6) is 5.75 Å². The van der Waals surface area contributed by atoms with Crippen molar-refractivity contribution in [3.8, 4) is 16.9 Å². The summed E-state index contributed by atoms with van der Waals surface area (Å²) >= 11 is 4.07. The Labute approximate surface area is 231 Å². The zero-order valence-corrected chi connectivity index (χ0v) is 24.7. The maximum atomic E-state index is 13.4. The lowest BCUT2D eigenvalue weighted by Crippen LogP contribution is -2.30. The van der Waals surface area contributed by atoms with E-state index >= 15 is 0 Å². The maximum absolute atomic E-state index is 13.4. The molecule has 7 heteroatoms. The normalized spacial score (nSPS) is 14.4. The number of ether oxygens (including phenoxy) is 3. The third-order valence-corrected chi connectivity index (χ3v) is 7.99. The molecular formula is C29H34INO4S. The molecule has 192 valence electrons. The van der Waals surface area contributed by atoms with Gasteiger partial charge in [0.05, 0.1) is 12.2 Å². The van der Waals surface area contributed by atoms with Crippen LogP contribution in [-0.4, -0.2) is 29.8 Å². The second-order valence-electron chi connectivity index (χ2n) is 9.98. The molecule has 1 aliphatic rings. The molecule has 1 aliphatic carbocycles. The summed E-state index contributed by atoms with van der Waals surface area (Å²) in [5, 5.41) is 1.12. The molecule has 5 nitrogen and oxygen atoms in total. The van der Waals surface area contributed by atoms with Crippen LogP contribution in [0.1, 0.15) is 68.3 Å². The van der Waals surface area contributed by atoms with Gasteiger partial charge in [-0.25, -0.2) is 9.78 Å². The van der Waals surface area contributed by atoms with Crippen LogP contribution in [0, 0.1) is 10.5 Å². The molecule has 0 bridgehead atoms. The second-order valence-corrected chi connectivity index (χ2v) is 12.3. The fourth-order valence-corrected chi connectivity index (χ4v) is 6.56. The van der Waals surface area contributed by atoms with Gasteiger partial charge in [-0.2, -0.15) is 0 Å². The first-order valence-corrected chi connectivity index (χ1v) is 14.4. The lowest BCUT2D eigenvalue weighted by Gasteiger charge is -2.29. The van der Waals surface area contributed by atoms with E-state index in [0.717, 1.165) is 61.2 Å². The van der Waals surface area contributed by atoms with Crippen molar-refractivity contribution in [2.75, 3.05) is 13.2 Å². The molecule has 2 heterocycles. The highest BCUT2D eigenvalue weighted by molar-refractivity contribution is 14.1. The molecule has 0 amide bonds. The number of benzene rings is 1. The minimum absolute atomic E-state index is 0.276. The summed E-state index contributed by atoms with van der Waals surface area (Å²) in [7, 11) is 0. The minimum atomic E-state index is -0.914. The minimum Gasteiger partial charge on any atom is -0.489 e. The van der Waals surface area contributed by atoms with Crippen LogP contribution in [-0.2, 0) is 27.1 Å². The lowest BCUT2D eigenvalue weighted by molar-refractivity contribution is -0.166. The number of carbonyl (C=O) groups excluding carboxylic acids is 1. The number of fused-ring (bicyclic) bond motifs is 3. The summed E-state index contributed by atoms with van der Waals surface area (Å²) in [5.74, 6) is 0.352. The van der Waals surface area contributed by atoms with Gasteiger partial charge in [-0.3, -0.25) is 0 Å². The van der Waals surface area contributed by atoms with Crippen molar-refractivity contribution in [3.05, 3.63) is 56.1 Å². The van der Waals surface area contributed by atoms with E-state index in [2.05, 4.69) is 41.3 Å². The second kappa shape index (κ2) is 11.2. The van der Waals surface area contributed by atoms with Crippen molar-refractivity contribution in [1.29, 1.82) is 0 Å². The molecule has 0 aliphatic heterocycles. The summed E-state index contributed by atoms with van der Waals surface area (Å²) in [6.07, 6.45) is 5.24. The molecule has 3 aromatic rings. The number of esters is 1. The van der Waals surface area contributed by atoms with Crippen molar-refractivity contribution in [1.82, 2.24) is 4.98 Å². The van der Waals surface area contributed by atoms with E-state index in [9.17, 15) is 4.79 Å². The van der Waals surface area contributed by atoms with Crippen LogP contribution >= 0.6 is 33.9 Å². The molecule has 0 saturated carbocycles. The van der Waals surface area contributed by atoms with Gasteiger partial charge in [0, 0.05) is 36.2 Å². The third kappa shape index (κ3) is 5.63. The molecule has 2 aromatic heterocycles. The van der Waals surface area contributed by atoms with E-state index in [-0.39, 0.29) is 6.61 Å². The van der Waals surface area contributed by atoms with Crippen molar-refractivity contribution >= 4 is 50.1 Å². The largest absolute Gasteiger partial charge is 0.489 e. The molecule has 0 spiro atoms. The number of pyridine rings is 1. The first-order valence-electron chi connectivity index (χ1n) is 12.5. The Morgan fingerprint density at radius 3 is 2.72 bits per heavy atom. The van der Waals surface area contributed by atoms with E-state index in [1.807, 2.05) is 40.7 Å². The topological polar surface area (TPSA) is 57.7 Å². The summed E-state index contributed by atoms with van der Waals surface area (Å²) < 4.78 is 19.2. The molecule has 0 radical (unpaired) electrons. The summed E-state index contributed by atoms with van der Waals surface area (Å²) in [4.78, 5) is 20.9. The molecule has 0 fully saturated rings. The van der Waals surface area contributed by atoms with E-state index in [1.54, 1.807) is 17.4 Å². The van der Waals surface area contributed by atoms with Crippen LogP contribution < -0.4 is 4.74 Å². The number of aryl methyl sites for hydroxylation is 3. The quantitative estimate of drug-likeness (QED) is 0.147. The molecule has 1 atom stereocenters. The number of thiophene rings is 1. The molecule has 4 rings (SSSR count). The molecule has 36 heavy (non-hydrogen) atoms. The molecule has 1 unspecified atom stereocenters. The molecule has 1 aromatic carbocycles. The van der Waals surface area contributed by atoms with Crippen LogP contribution in [0.3, 0.4) is 0 Å². The number of hydrogen-bond donors (Lipinski definition) is 0. The smallest absolute Gasteiger partial charge is 0.340 e. The monoisotopic (exact) mass is 619 g/mol. The first kappa shape index (κ1) is 27.1. The van der Waals surface area contributed by atoms with Crippen molar-refractivity contribution in [2.45, 2.75) is 72.0 Å². The zero-order valence-electron chi connectivity index (χ0n) is 21.7. The fourth-order valence-electron chi connectivity index (χ4n) is 4.78. The third-order valence-electron chi connectivity index (χ3n) is 6.14. The predicted molar refractivity (Wildman–Crippen MR) is 155 cm³/mol. The van der Waals surface area contributed by atoms with Gasteiger partial charge in [-0.05, 0) is 107 Å². The van der Waals surface area contributed by atoms with Gasteiger partial charge in [0.2, 0.25) is 0 Å². The first-order chi connectivity index (χ1) is 17.1. The van der Waals surface area contributed by atoms with Crippen LogP contribution in [0.2, 0.25) is 0 Å². The number of hydrogen-bond acceptors (Lipinski definition) is 6. The lowest BCUT2D eigenvalue weighted by atomic mass is 9.87. The van der Waals surface area contributed by atoms with E-state index in [0.29, 0.717) is 6.61 Å². The Hall–Kier alpha value is -1.97. The SMILES string of the molecule is C=CCOc1cc(I)ccc1-c1c(C(OC(C)(C)C)C(=O)OCC)c(C)nc2sc3c(c12)CCCC3. The average molecular weight is 620 g/mol. The molecular weight excluding hydrogens is 585 g/mol. The van der Waals surface area contributed by atoms with Crippen molar-refractivity contribution in [3.63, 3.8) is 0 Å². The number of halogens is 1. The number of aromatic nitrogens is 1.